The minimum Gasteiger partial charge on any atom is -0.340 e. The molecular formula is C24H17F3N4O2. The second-order valence-corrected chi connectivity index (χ2v) is 7.08. The highest BCUT2D eigenvalue weighted by molar-refractivity contribution is 6.08. The summed E-state index contributed by atoms with van der Waals surface area (Å²) in [6, 6.07) is 17.8. The predicted octanol–water partition coefficient (Wildman–Crippen LogP) is 5.45. The van der Waals surface area contributed by atoms with Crippen molar-refractivity contribution in [3.63, 3.8) is 0 Å². The Morgan fingerprint density at radius 2 is 1.67 bits per heavy atom. The molecule has 0 saturated carbocycles. The van der Waals surface area contributed by atoms with Gasteiger partial charge in [0.05, 0.1) is 11.1 Å². The van der Waals surface area contributed by atoms with Gasteiger partial charge in [0.25, 0.3) is 5.91 Å². The number of alkyl halides is 3. The minimum absolute atomic E-state index is 0.117. The fourth-order valence-corrected chi connectivity index (χ4v) is 3.16. The maximum Gasteiger partial charge on any atom is 0.416 e. The van der Waals surface area contributed by atoms with E-state index in [4.69, 9.17) is 0 Å². The molecule has 2 heterocycles. The second-order valence-electron chi connectivity index (χ2n) is 7.08. The molecule has 0 spiro atoms. The van der Waals surface area contributed by atoms with Gasteiger partial charge in [0.15, 0.2) is 0 Å². The number of anilines is 3. The largest absolute Gasteiger partial charge is 0.416 e. The number of carbonyl (C=O) groups is 1. The molecule has 9 heteroatoms. The molecule has 0 radical (unpaired) electrons. The highest BCUT2D eigenvalue weighted by atomic mass is 19.4. The van der Waals surface area contributed by atoms with Gasteiger partial charge in [0, 0.05) is 29.8 Å². The van der Waals surface area contributed by atoms with E-state index in [0.29, 0.717) is 5.69 Å². The number of nitrogens with zero attached hydrogens (tertiary/aromatic N) is 1. The molecule has 0 unspecified atom stereocenters. The summed E-state index contributed by atoms with van der Waals surface area (Å²) in [5.74, 6) is -0.373. The zero-order valence-corrected chi connectivity index (χ0v) is 17.0. The molecule has 0 saturated heterocycles. The molecule has 1 amide bonds. The van der Waals surface area contributed by atoms with E-state index in [2.05, 4.69) is 20.6 Å². The molecule has 2 aromatic carbocycles. The van der Waals surface area contributed by atoms with Gasteiger partial charge in [-0.25, -0.2) is 4.98 Å². The highest BCUT2D eigenvalue weighted by Gasteiger charge is 2.30. The lowest BCUT2D eigenvalue weighted by Gasteiger charge is -2.13. The second kappa shape index (κ2) is 8.99. The van der Waals surface area contributed by atoms with Gasteiger partial charge in [-0.3, -0.25) is 9.59 Å². The van der Waals surface area contributed by atoms with Crippen molar-refractivity contribution in [1.82, 2.24) is 9.97 Å². The fourth-order valence-electron chi connectivity index (χ4n) is 3.16. The maximum absolute atomic E-state index is 13.0. The van der Waals surface area contributed by atoms with Crippen LogP contribution in [0.15, 0.2) is 90.0 Å². The van der Waals surface area contributed by atoms with Crippen molar-refractivity contribution in [3.8, 4) is 11.1 Å². The molecule has 2 aromatic heterocycles. The summed E-state index contributed by atoms with van der Waals surface area (Å²) in [5.41, 5.74) is 1.31. The molecule has 0 aliphatic rings. The van der Waals surface area contributed by atoms with E-state index in [1.54, 1.807) is 36.5 Å². The van der Waals surface area contributed by atoms with Gasteiger partial charge < -0.3 is 15.6 Å². The van der Waals surface area contributed by atoms with Crippen LogP contribution in [0.5, 0.6) is 0 Å². The van der Waals surface area contributed by atoms with Gasteiger partial charge in [-0.1, -0.05) is 18.2 Å². The van der Waals surface area contributed by atoms with Crippen molar-refractivity contribution in [2.75, 3.05) is 10.6 Å². The highest BCUT2D eigenvalue weighted by Crippen LogP contribution is 2.31. The first-order valence-corrected chi connectivity index (χ1v) is 9.79. The summed E-state index contributed by atoms with van der Waals surface area (Å²) in [5, 5.41) is 5.56. The van der Waals surface area contributed by atoms with E-state index in [1.165, 1.54) is 30.5 Å². The molecule has 0 aliphatic heterocycles. The maximum atomic E-state index is 13.0. The van der Waals surface area contributed by atoms with E-state index >= 15 is 0 Å². The van der Waals surface area contributed by atoms with Crippen LogP contribution < -0.4 is 16.2 Å². The number of H-pyrrole nitrogens is 1. The Balaban J connectivity index is 1.56. The van der Waals surface area contributed by atoms with Crippen LogP contribution in [-0.2, 0) is 6.18 Å². The van der Waals surface area contributed by atoms with E-state index in [1.807, 2.05) is 6.07 Å². The SMILES string of the molecule is O=C(Nc1cccc(-c2ccc(=O)[nH]c2)c1)c1cccnc1Nc1cccc(C(F)(F)F)c1. The molecule has 33 heavy (non-hydrogen) atoms. The van der Waals surface area contributed by atoms with E-state index in [-0.39, 0.29) is 22.6 Å². The molecule has 3 N–H and O–H groups in total. The van der Waals surface area contributed by atoms with Crippen molar-refractivity contribution in [2.24, 2.45) is 0 Å². The molecule has 166 valence electrons. The van der Waals surface area contributed by atoms with Crippen molar-refractivity contribution in [3.05, 3.63) is 107 Å². The lowest BCUT2D eigenvalue weighted by atomic mass is 10.1. The topological polar surface area (TPSA) is 86.9 Å². The first kappa shape index (κ1) is 21.8. The third kappa shape index (κ3) is 5.27. The number of rotatable bonds is 5. The van der Waals surface area contributed by atoms with Crippen LogP contribution in [-0.4, -0.2) is 15.9 Å². The average Bonchev–Trinajstić information content (AvgIpc) is 2.80. The Morgan fingerprint density at radius 1 is 0.879 bits per heavy atom. The first-order chi connectivity index (χ1) is 15.8. The van der Waals surface area contributed by atoms with Crippen molar-refractivity contribution in [2.45, 2.75) is 6.18 Å². The number of carbonyl (C=O) groups excluding carboxylic acids is 1. The summed E-state index contributed by atoms with van der Waals surface area (Å²) in [4.78, 5) is 30.9. The average molecular weight is 450 g/mol. The van der Waals surface area contributed by atoms with E-state index in [0.717, 1.165) is 23.3 Å². The van der Waals surface area contributed by atoms with Gasteiger partial charge >= 0.3 is 6.18 Å². The number of aromatic nitrogens is 2. The van der Waals surface area contributed by atoms with E-state index in [9.17, 15) is 22.8 Å². The van der Waals surface area contributed by atoms with Crippen LogP contribution in [0.1, 0.15) is 15.9 Å². The van der Waals surface area contributed by atoms with Gasteiger partial charge in [-0.15, -0.1) is 0 Å². The molecule has 0 atom stereocenters. The van der Waals surface area contributed by atoms with Crippen molar-refractivity contribution < 1.29 is 18.0 Å². The normalized spacial score (nSPS) is 11.1. The molecule has 6 nitrogen and oxygen atoms in total. The smallest absolute Gasteiger partial charge is 0.340 e. The Hall–Kier alpha value is -4.40. The van der Waals surface area contributed by atoms with Crippen LogP contribution in [0.4, 0.5) is 30.4 Å². The summed E-state index contributed by atoms with van der Waals surface area (Å²) >= 11 is 0. The van der Waals surface area contributed by atoms with Crippen LogP contribution in [0, 0.1) is 0 Å². The zero-order chi connectivity index (χ0) is 23.4. The molecule has 0 fully saturated rings. The number of halogens is 3. The van der Waals surface area contributed by atoms with Gasteiger partial charge in [-0.2, -0.15) is 13.2 Å². The van der Waals surface area contributed by atoms with Crippen molar-refractivity contribution in [1.29, 1.82) is 0 Å². The number of nitrogens with one attached hydrogen (secondary N) is 3. The monoisotopic (exact) mass is 450 g/mol. The molecule has 4 rings (SSSR count). The van der Waals surface area contributed by atoms with Gasteiger partial charge in [-0.05, 0) is 59.7 Å². The molecule has 4 aromatic rings. The molecule has 0 aliphatic carbocycles. The number of hydrogen-bond donors (Lipinski definition) is 3. The fraction of sp³-hybridized carbons (Fsp3) is 0.0417. The molecular weight excluding hydrogens is 433 g/mol. The number of aromatic amines is 1. The summed E-state index contributed by atoms with van der Waals surface area (Å²) < 4.78 is 39.0. The Morgan fingerprint density at radius 3 is 2.42 bits per heavy atom. The van der Waals surface area contributed by atoms with Gasteiger partial charge in [0.2, 0.25) is 5.56 Å². The lowest BCUT2D eigenvalue weighted by Crippen LogP contribution is -2.15. The minimum atomic E-state index is -4.49. The summed E-state index contributed by atoms with van der Waals surface area (Å²) in [6.07, 6.45) is -1.48. The Labute approximate surface area is 186 Å². The number of hydrogen-bond acceptors (Lipinski definition) is 4. The Bertz CT molecular complexity index is 1350. The standard InChI is InChI=1S/C24H17F3N4O2/c25-24(26,27)17-5-2-7-19(13-17)30-22-20(8-3-11-28-22)23(33)31-18-6-1-4-15(12-18)16-9-10-21(32)29-14-16/h1-14H,(H,28,30)(H,29,32)(H,31,33). The number of pyridine rings is 2. The third-order valence-electron chi connectivity index (χ3n) is 4.74. The van der Waals surface area contributed by atoms with Crippen LogP contribution in [0.3, 0.4) is 0 Å². The van der Waals surface area contributed by atoms with E-state index < -0.39 is 17.6 Å². The van der Waals surface area contributed by atoms with Crippen LogP contribution in [0.2, 0.25) is 0 Å². The van der Waals surface area contributed by atoms with Gasteiger partial charge in [0.1, 0.15) is 5.82 Å². The first-order valence-electron chi connectivity index (χ1n) is 9.79. The number of benzene rings is 2. The summed E-state index contributed by atoms with van der Waals surface area (Å²) in [6.45, 7) is 0. The lowest BCUT2D eigenvalue weighted by molar-refractivity contribution is -0.137. The number of amides is 1. The van der Waals surface area contributed by atoms with Crippen LogP contribution >= 0.6 is 0 Å². The Kier molecular flexibility index (Phi) is 5.95. The predicted molar refractivity (Wildman–Crippen MR) is 119 cm³/mol. The zero-order valence-electron chi connectivity index (χ0n) is 17.0. The van der Waals surface area contributed by atoms with Crippen molar-refractivity contribution >= 4 is 23.1 Å². The van der Waals surface area contributed by atoms with Crippen LogP contribution in [0.25, 0.3) is 11.1 Å². The quantitative estimate of drug-likeness (QED) is 0.377. The molecule has 0 bridgehead atoms. The third-order valence-corrected chi connectivity index (χ3v) is 4.74. The summed E-state index contributed by atoms with van der Waals surface area (Å²) in [7, 11) is 0.